The van der Waals surface area contributed by atoms with E-state index >= 15 is 0 Å². The molecule has 0 aliphatic rings. The van der Waals surface area contributed by atoms with Crippen molar-refractivity contribution >= 4 is 12.3 Å². The van der Waals surface area contributed by atoms with Crippen LogP contribution in [0.2, 0.25) is 0 Å². The molecule has 0 radical (unpaired) electrons. The highest BCUT2D eigenvalue weighted by Gasteiger charge is 2.11. The number of nitrogens with one attached hydrogen (secondary N) is 2. The summed E-state index contributed by atoms with van der Waals surface area (Å²) >= 11 is 0. The van der Waals surface area contributed by atoms with Crippen molar-refractivity contribution in [1.82, 2.24) is 10.6 Å². The molecule has 0 aliphatic heterocycles. The molecule has 0 aliphatic carbocycles. The number of benzene rings is 3. The van der Waals surface area contributed by atoms with Crippen LogP contribution >= 0.6 is 0 Å². The number of hydrogen-bond acceptors (Lipinski definition) is 5. The minimum Gasteiger partial charge on any atom is -0.508 e. The van der Waals surface area contributed by atoms with Crippen LogP contribution in [0.4, 0.5) is 0 Å². The Labute approximate surface area is 200 Å². The van der Waals surface area contributed by atoms with Crippen LogP contribution in [-0.4, -0.2) is 42.2 Å². The monoisotopic (exact) mass is 464 g/mol. The second-order valence-electron chi connectivity index (χ2n) is 7.66. The number of rotatable bonds is 10. The number of phenolic OH excluding ortho intramolecular Hbond substituents is 2. The number of amides is 2. The van der Waals surface area contributed by atoms with Crippen LogP contribution in [0, 0.1) is 0 Å². The van der Waals surface area contributed by atoms with Gasteiger partial charge in [0, 0.05) is 24.2 Å². The van der Waals surface area contributed by atoms with E-state index < -0.39 is 0 Å². The number of hydrogen-bond donors (Lipinski definition) is 4. The van der Waals surface area contributed by atoms with Crippen molar-refractivity contribution in [2.24, 2.45) is 0 Å². The van der Waals surface area contributed by atoms with Gasteiger partial charge in [-0.05, 0) is 66.8 Å². The third-order valence-electron chi connectivity index (χ3n) is 5.16. The zero-order valence-electron chi connectivity index (χ0n) is 19.5. The molecule has 180 valence electrons. The van der Waals surface area contributed by atoms with Crippen LogP contribution in [0.1, 0.15) is 34.8 Å². The lowest BCUT2D eigenvalue weighted by atomic mass is 10.1. The maximum Gasteiger partial charge on any atom is 0.251 e. The minimum atomic E-state index is -0.171. The Balaban J connectivity index is 0.000000340. The molecule has 1 atom stereocenters. The van der Waals surface area contributed by atoms with Gasteiger partial charge in [-0.15, -0.1) is 0 Å². The summed E-state index contributed by atoms with van der Waals surface area (Å²) in [6.45, 7) is 2.35. The zero-order valence-corrected chi connectivity index (χ0v) is 19.5. The SMILES string of the molecule is CCc1cc(O)cc(O)c1.COc1ccc(C(=O)NC[C@H](CCc2ccccc2)NC=O)cc1. The maximum atomic E-state index is 12.2. The van der Waals surface area contributed by atoms with Crippen LogP contribution in [0.25, 0.3) is 0 Å². The molecule has 3 rings (SSSR count). The van der Waals surface area contributed by atoms with Gasteiger partial charge in [0.25, 0.3) is 5.91 Å². The predicted octanol–water partition coefficient (Wildman–Crippen LogP) is 3.83. The molecule has 3 aromatic carbocycles. The summed E-state index contributed by atoms with van der Waals surface area (Å²) in [6.07, 6.45) is 3.09. The first kappa shape index (κ1) is 26.3. The second kappa shape index (κ2) is 14.2. The van der Waals surface area contributed by atoms with Gasteiger partial charge >= 0.3 is 0 Å². The Morgan fingerprint density at radius 2 is 1.62 bits per heavy atom. The Bertz CT molecular complexity index is 1000. The van der Waals surface area contributed by atoms with Gasteiger partial charge in [-0.3, -0.25) is 9.59 Å². The van der Waals surface area contributed by atoms with E-state index in [0.29, 0.717) is 24.3 Å². The van der Waals surface area contributed by atoms with Crippen LogP contribution < -0.4 is 15.4 Å². The molecule has 0 saturated carbocycles. The van der Waals surface area contributed by atoms with E-state index in [0.717, 1.165) is 24.8 Å². The Morgan fingerprint density at radius 1 is 0.971 bits per heavy atom. The Kier molecular flexibility index (Phi) is 11.0. The van der Waals surface area contributed by atoms with Crippen LogP contribution in [0.3, 0.4) is 0 Å². The molecule has 0 spiro atoms. The molecule has 34 heavy (non-hydrogen) atoms. The minimum absolute atomic E-state index is 0.107. The van der Waals surface area contributed by atoms with E-state index in [9.17, 15) is 9.59 Å². The second-order valence-corrected chi connectivity index (χ2v) is 7.66. The number of aryl methyl sites for hydroxylation is 2. The highest BCUT2D eigenvalue weighted by atomic mass is 16.5. The van der Waals surface area contributed by atoms with E-state index in [2.05, 4.69) is 10.6 Å². The Morgan fingerprint density at radius 3 is 2.18 bits per heavy atom. The summed E-state index contributed by atoms with van der Waals surface area (Å²) in [5.41, 5.74) is 2.71. The van der Waals surface area contributed by atoms with Gasteiger partial charge in [-0.25, -0.2) is 0 Å². The highest BCUT2D eigenvalue weighted by Crippen LogP contribution is 2.20. The molecule has 7 nitrogen and oxygen atoms in total. The summed E-state index contributed by atoms with van der Waals surface area (Å²) in [5.74, 6) is 0.777. The number of ether oxygens (including phenoxy) is 1. The summed E-state index contributed by atoms with van der Waals surface area (Å²) in [7, 11) is 1.58. The molecular formula is C27H32N2O5. The van der Waals surface area contributed by atoms with Gasteiger partial charge in [-0.1, -0.05) is 37.3 Å². The van der Waals surface area contributed by atoms with Gasteiger partial charge in [0.05, 0.1) is 7.11 Å². The van der Waals surface area contributed by atoms with Gasteiger partial charge in [0.2, 0.25) is 6.41 Å². The number of carbonyl (C=O) groups is 2. The van der Waals surface area contributed by atoms with Crippen molar-refractivity contribution in [3.05, 3.63) is 89.5 Å². The quantitative estimate of drug-likeness (QED) is 0.341. The van der Waals surface area contributed by atoms with Gasteiger partial charge in [0.1, 0.15) is 17.2 Å². The lowest BCUT2D eigenvalue weighted by molar-refractivity contribution is -0.110. The van der Waals surface area contributed by atoms with Crippen molar-refractivity contribution in [3.63, 3.8) is 0 Å². The predicted molar refractivity (Wildman–Crippen MR) is 132 cm³/mol. The average molecular weight is 465 g/mol. The molecule has 3 aromatic rings. The largest absolute Gasteiger partial charge is 0.508 e. The first-order valence-electron chi connectivity index (χ1n) is 11.1. The van der Waals surface area contributed by atoms with Crippen molar-refractivity contribution in [1.29, 1.82) is 0 Å². The first-order valence-corrected chi connectivity index (χ1v) is 11.1. The molecule has 7 heteroatoms. The van der Waals surface area contributed by atoms with E-state index in [-0.39, 0.29) is 23.4 Å². The van der Waals surface area contributed by atoms with Crippen molar-refractivity contribution < 1.29 is 24.5 Å². The van der Waals surface area contributed by atoms with Crippen LogP contribution in [0.5, 0.6) is 17.2 Å². The fraction of sp³-hybridized carbons (Fsp3) is 0.259. The molecule has 0 saturated heterocycles. The lowest BCUT2D eigenvalue weighted by Gasteiger charge is -2.17. The van der Waals surface area contributed by atoms with Gasteiger partial charge < -0.3 is 25.6 Å². The average Bonchev–Trinajstić information content (AvgIpc) is 2.86. The first-order chi connectivity index (χ1) is 16.4. The van der Waals surface area contributed by atoms with E-state index in [1.807, 2.05) is 37.3 Å². The number of carbonyl (C=O) groups excluding carboxylic acids is 2. The molecule has 0 heterocycles. The van der Waals surface area contributed by atoms with Gasteiger partial charge in [-0.2, -0.15) is 0 Å². The van der Waals surface area contributed by atoms with Crippen LogP contribution in [0.15, 0.2) is 72.8 Å². The fourth-order valence-corrected chi connectivity index (χ4v) is 3.25. The van der Waals surface area contributed by atoms with Gasteiger partial charge in [0.15, 0.2) is 0 Å². The lowest BCUT2D eigenvalue weighted by Crippen LogP contribution is -2.40. The zero-order chi connectivity index (χ0) is 24.8. The third kappa shape index (κ3) is 9.24. The smallest absolute Gasteiger partial charge is 0.251 e. The van der Waals surface area contributed by atoms with Crippen molar-refractivity contribution in [2.45, 2.75) is 32.2 Å². The Hall–Kier alpha value is -4.00. The number of methoxy groups -OCH3 is 1. The fourth-order valence-electron chi connectivity index (χ4n) is 3.25. The van der Waals surface area contributed by atoms with Crippen molar-refractivity contribution in [2.75, 3.05) is 13.7 Å². The third-order valence-corrected chi connectivity index (χ3v) is 5.16. The molecule has 4 N–H and O–H groups in total. The summed E-state index contributed by atoms with van der Waals surface area (Å²) < 4.78 is 5.07. The van der Waals surface area contributed by atoms with Crippen molar-refractivity contribution in [3.8, 4) is 17.2 Å². The normalized spacial score (nSPS) is 10.9. The topological polar surface area (TPSA) is 108 Å². The molecule has 0 fully saturated rings. The maximum absolute atomic E-state index is 12.2. The standard InChI is InChI=1S/C19H22N2O3.C8H10O2/c1-24-18-11-8-16(9-12-18)19(23)20-13-17(21-14-22)10-7-15-5-3-2-4-6-15;1-2-6-3-7(9)5-8(10)4-6/h2-6,8-9,11-12,14,17H,7,10,13H2,1H3,(H,20,23)(H,21,22);3-5,9-10H,2H2,1H3/t17-;/m0./s1. The summed E-state index contributed by atoms with van der Waals surface area (Å²) in [5, 5.41) is 23.5. The summed E-state index contributed by atoms with van der Waals surface area (Å²) in [4.78, 5) is 22.9. The number of aromatic hydroxyl groups is 2. The van der Waals surface area contributed by atoms with E-state index in [1.54, 1.807) is 43.5 Å². The molecule has 0 unspecified atom stereocenters. The molecular weight excluding hydrogens is 432 g/mol. The molecule has 0 aromatic heterocycles. The summed E-state index contributed by atoms with van der Waals surface area (Å²) in [6, 6.07) is 21.4. The highest BCUT2D eigenvalue weighted by molar-refractivity contribution is 5.94. The molecule has 2 amide bonds. The molecule has 0 bridgehead atoms. The number of phenols is 2. The van der Waals surface area contributed by atoms with Crippen LogP contribution in [-0.2, 0) is 17.6 Å². The van der Waals surface area contributed by atoms with E-state index in [1.165, 1.54) is 11.6 Å². The van der Waals surface area contributed by atoms with E-state index in [4.69, 9.17) is 14.9 Å².